The van der Waals surface area contributed by atoms with E-state index in [1.807, 2.05) is 32.9 Å². The molecule has 2 heterocycles. The highest BCUT2D eigenvalue weighted by Gasteiger charge is 2.24. The first-order valence-electron chi connectivity index (χ1n) is 7.38. The Bertz CT molecular complexity index is 713. The van der Waals surface area contributed by atoms with Crippen LogP contribution in [-0.2, 0) is 4.79 Å². The maximum absolute atomic E-state index is 11.5. The maximum atomic E-state index is 11.5. The van der Waals surface area contributed by atoms with Crippen LogP contribution in [0.2, 0.25) is 0 Å². The van der Waals surface area contributed by atoms with Gasteiger partial charge in [0, 0.05) is 24.2 Å². The minimum Gasteiger partial charge on any atom is -0.439 e. The minimum atomic E-state index is -0.207. The summed E-state index contributed by atoms with van der Waals surface area (Å²) < 4.78 is 11.1. The lowest BCUT2D eigenvalue weighted by Crippen LogP contribution is -2.18. The van der Waals surface area contributed by atoms with Crippen molar-refractivity contribution in [3.05, 3.63) is 41.9 Å². The zero-order valence-corrected chi connectivity index (χ0v) is 12.9. The van der Waals surface area contributed by atoms with Crippen LogP contribution in [0.5, 0.6) is 17.4 Å². The second kappa shape index (κ2) is 5.75. The van der Waals surface area contributed by atoms with Gasteiger partial charge in [-0.25, -0.2) is 4.98 Å². The summed E-state index contributed by atoms with van der Waals surface area (Å²) in [7, 11) is 0. The fourth-order valence-electron chi connectivity index (χ4n) is 2.41. The number of hydrogen-bond acceptors (Lipinski definition) is 5. The fourth-order valence-corrected chi connectivity index (χ4v) is 2.41. The van der Waals surface area contributed by atoms with Crippen molar-refractivity contribution in [3.8, 4) is 17.4 Å². The molecule has 0 spiro atoms. The van der Waals surface area contributed by atoms with Crippen LogP contribution in [0.4, 0.5) is 0 Å². The molecule has 0 saturated heterocycles. The third-order valence-electron chi connectivity index (χ3n) is 3.60. The van der Waals surface area contributed by atoms with Crippen LogP contribution in [0, 0.1) is 0 Å². The number of carbonyl (C=O) groups excluding carboxylic acids is 1. The van der Waals surface area contributed by atoms with E-state index in [4.69, 9.17) is 9.47 Å². The van der Waals surface area contributed by atoms with Gasteiger partial charge in [0.2, 0.25) is 5.88 Å². The Labute approximate surface area is 129 Å². The van der Waals surface area contributed by atoms with Gasteiger partial charge in [0.15, 0.2) is 0 Å². The lowest BCUT2D eigenvalue weighted by atomic mass is 9.95. The number of carbonyl (C=O) groups is 1. The van der Waals surface area contributed by atoms with Crippen LogP contribution in [-0.4, -0.2) is 15.9 Å². The SMILES string of the molecule is CC(C)c1nccc(Oc2ccc3c(c2)OC(=O)CC3C)n1. The van der Waals surface area contributed by atoms with E-state index < -0.39 is 0 Å². The van der Waals surface area contributed by atoms with Gasteiger partial charge in [0.05, 0.1) is 6.42 Å². The van der Waals surface area contributed by atoms with Crippen LogP contribution < -0.4 is 9.47 Å². The molecule has 0 N–H and O–H groups in total. The quantitative estimate of drug-likeness (QED) is 0.637. The number of esters is 1. The van der Waals surface area contributed by atoms with Gasteiger partial charge in [-0.3, -0.25) is 4.79 Å². The first-order chi connectivity index (χ1) is 10.5. The Morgan fingerprint density at radius 1 is 1.32 bits per heavy atom. The molecule has 5 heteroatoms. The van der Waals surface area contributed by atoms with Gasteiger partial charge in [-0.15, -0.1) is 0 Å². The zero-order valence-electron chi connectivity index (χ0n) is 12.9. The molecule has 22 heavy (non-hydrogen) atoms. The number of rotatable bonds is 3. The molecule has 0 saturated carbocycles. The summed E-state index contributed by atoms with van der Waals surface area (Å²) in [5.74, 6) is 2.56. The summed E-state index contributed by atoms with van der Waals surface area (Å²) in [6.45, 7) is 6.07. The normalized spacial score (nSPS) is 17.1. The second-order valence-corrected chi connectivity index (χ2v) is 5.79. The van der Waals surface area contributed by atoms with Crippen LogP contribution >= 0.6 is 0 Å². The number of fused-ring (bicyclic) bond motifs is 1. The first kappa shape index (κ1) is 14.5. The molecule has 3 rings (SSSR count). The average Bonchev–Trinajstić information content (AvgIpc) is 2.47. The number of hydrogen-bond donors (Lipinski definition) is 0. The molecule has 0 amide bonds. The predicted octanol–water partition coefficient (Wildman–Crippen LogP) is 3.80. The third kappa shape index (κ3) is 2.93. The van der Waals surface area contributed by atoms with Gasteiger partial charge >= 0.3 is 5.97 Å². The Balaban J connectivity index is 1.86. The summed E-state index contributed by atoms with van der Waals surface area (Å²) >= 11 is 0. The molecular formula is C17H18N2O3. The smallest absolute Gasteiger partial charge is 0.311 e. The average molecular weight is 298 g/mol. The van der Waals surface area contributed by atoms with Crippen molar-refractivity contribution >= 4 is 5.97 Å². The third-order valence-corrected chi connectivity index (χ3v) is 3.60. The van der Waals surface area contributed by atoms with Crippen molar-refractivity contribution in [1.29, 1.82) is 0 Å². The lowest BCUT2D eigenvalue weighted by molar-refractivity contribution is -0.135. The Hall–Kier alpha value is -2.43. The minimum absolute atomic E-state index is 0.164. The van der Waals surface area contributed by atoms with Crippen molar-refractivity contribution in [1.82, 2.24) is 9.97 Å². The largest absolute Gasteiger partial charge is 0.439 e. The first-order valence-corrected chi connectivity index (χ1v) is 7.38. The highest BCUT2D eigenvalue weighted by atomic mass is 16.5. The molecule has 1 atom stereocenters. The zero-order chi connectivity index (χ0) is 15.7. The van der Waals surface area contributed by atoms with Crippen molar-refractivity contribution in [2.45, 2.75) is 39.0 Å². The molecule has 114 valence electrons. The van der Waals surface area contributed by atoms with E-state index in [9.17, 15) is 4.79 Å². The summed E-state index contributed by atoms with van der Waals surface area (Å²) in [5.41, 5.74) is 1.03. The standard InChI is InChI=1S/C17H18N2O3/c1-10(2)17-18-7-6-15(19-17)21-12-4-5-13-11(3)8-16(20)22-14(13)9-12/h4-7,9-11H,8H2,1-3H3. The number of nitrogens with zero attached hydrogens (tertiary/aromatic N) is 2. The summed E-state index contributed by atoms with van der Waals surface area (Å²) in [4.78, 5) is 20.1. The van der Waals surface area contributed by atoms with Crippen LogP contribution in [0.3, 0.4) is 0 Å². The van der Waals surface area contributed by atoms with E-state index in [2.05, 4.69) is 9.97 Å². The Kier molecular flexibility index (Phi) is 3.79. The topological polar surface area (TPSA) is 61.3 Å². The van der Waals surface area contributed by atoms with Crippen molar-refractivity contribution < 1.29 is 14.3 Å². The van der Waals surface area contributed by atoms with E-state index in [-0.39, 0.29) is 17.8 Å². The van der Waals surface area contributed by atoms with Crippen LogP contribution in [0.1, 0.15) is 50.4 Å². The van der Waals surface area contributed by atoms with Crippen LogP contribution in [0.15, 0.2) is 30.5 Å². The molecule has 0 radical (unpaired) electrons. The van der Waals surface area contributed by atoms with Gasteiger partial charge in [-0.1, -0.05) is 26.8 Å². The van der Waals surface area contributed by atoms with Crippen LogP contribution in [0.25, 0.3) is 0 Å². The van der Waals surface area contributed by atoms with E-state index in [0.29, 0.717) is 23.8 Å². The summed E-state index contributed by atoms with van der Waals surface area (Å²) in [5, 5.41) is 0. The van der Waals surface area contributed by atoms with E-state index in [1.165, 1.54) is 0 Å². The summed E-state index contributed by atoms with van der Waals surface area (Å²) in [6.07, 6.45) is 2.09. The van der Waals surface area contributed by atoms with E-state index in [1.54, 1.807) is 18.3 Å². The Morgan fingerprint density at radius 3 is 2.91 bits per heavy atom. The van der Waals surface area contributed by atoms with Crippen molar-refractivity contribution in [3.63, 3.8) is 0 Å². The van der Waals surface area contributed by atoms with Crippen molar-refractivity contribution in [2.24, 2.45) is 0 Å². The monoisotopic (exact) mass is 298 g/mol. The number of ether oxygens (including phenoxy) is 2. The molecule has 1 aliphatic heterocycles. The lowest BCUT2D eigenvalue weighted by Gasteiger charge is -2.21. The molecule has 0 aliphatic carbocycles. The van der Waals surface area contributed by atoms with Gasteiger partial charge in [-0.05, 0) is 17.5 Å². The molecule has 1 unspecified atom stereocenters. The number of aromatic nitrogens is 2. The number of benzene rings is 1. The Morgan fingerprint density at radius 2 is 2.14 bits per heavy atom. The predicted molar refractivity (Wildman–Crippen MR) is 81.3 cm³/mol. The fraction of sp³-hybridized carbons (Fsp3) is 0.353. The van der Waals surface area contributed by atoms with Gasteiger partial charge < -0.3 is 9.47 Å². The molecule has 1 aromatic heterocycles. The van der Waals surface area contributed by atoms with E-state index in [0.717, 1.165) is 11.4 Å². The molecule has 5 nitrogen and oxygen atoms in total. The molecule has 0 fully saturated rings. The van der Waals surface area contributed by atoms with Crippen molar-refractivity contribution in [2.75, 3.05) is 0 Å². The summed E-state index contributed by atoms with van der Waals surface area (Å²) in [6, 6.07) is 7.25. The highest BCUT2D eigenvalue weighted by molar-refractivity contribution is 5.76. The molecule has 2 aromatic rings. The molecule has 1 aromatic carbocycles. The van der Waals surface area contributed by atoms with Gasteiger partial charge in [0.25, 0.3) is 0 Å². The second-order valence-electron chi connectivity index (χ2n) is 5.79. The van der Waals surface area contributed by atoms with Gasteiger partial charge in [-0.2, -0.15) is 4.98 Å². The maximum Gasteiger partial charge on any atom is 0.311 e. The molecule has 1 aliphatic rings. The van der Waals surface area contributed by atoms with Gasteiger partial charge in [0.1, 0.15) is 17.3 Å². The molecule has 0 bridgehead atoms. The highest BCUT2D eigenvalue weighted by Crippen LogP contribution is 2.37. The van der Waals surface area contributed by atoms with E-state index >= 15 is 0 Å². The molecular weight excluding hydrogens is 280 g/mol.